The molecule has 1 aliphatic carbocycles. The van der Waals surface area contributed by atoms with Crippen LogP contribution in [0.1, 0.15) is 59.2 Å². The van der Waals surface area contributed by atoms with Gasteiger partial charge >= 0.3 is 0 Å². The van der Waals surface area contributed by atoms with Crippen molar-refractivity contribution in [2.24, 2.45) is 0 Å². The zero-order valence-electron chi connectivity index (χ0n) is 17.5. The fourth-order valence-electron chi connectivity index (χ4n) is 4.83. The summed E-state index contributed by atoms with van der Waals surface area (Å²) in [6.07, 6.45) is 0.863. The van der Waals surface area contributed by atoms with Crippen molar-refractivity contribution in [3.05, 3.63) is 57.9 Å². The van der Waals surface area contributed by atoms with Crippen LogP contribution in [0.5, 0.6) is 0 Å². The first-order valence-corrected chi connectivity index (χ1v) is 10.4. The Hall–Kier alpha value is -3.17. The molecular formula is C24H24N4O2. The molecule has 1 saturated heterocycles. The van der Waals surface area contributed by atoms with Crippen LogP contribution >= 0.6 is 0 Å². The normalized spacial score (nSPS) is 17.5. The molecule has 0 saturated carbocycles. The zero-order valence-corrected chi connectivity index (χ0v) is 17.5. The van der Waals surface area contributed by atoms with Gasteiger partial charge in [0.25, 0.3) is 0 Å². The van der Waals surface area contributed by atoms with Crippen molar-refractivity contribution in [1.82, 2.24) is 9.97 Å². The van der Waals surface area contributed by atoms with Crippen LogP contribution in [0.15, 0.2) is 24.3 Å². The summed E-state index contributed by atoms with van der Waals surface area (Å²) in [5.41, 5.74) is 6.29. The van der Waals surface area contributed by atoms with Crippen LogP contribution in [-0.4, -0.2) is 42.1 Å². The number of hydrogen-bond donors (Lipinski definition) is 1. The summed E-state index contributed by atoms with van der Waals surface area (Å²) in [6.45, 7) is 9.59. The van der Waals surface area contributed by atoms with Crippen molar-refractivity contribution in [3.8, 4) is 6.07 Å². The van der Waals surface area contributed by atoms with E-state index in [0.29, 0.717) is 16.9 Å². The van der Waals surface area contributed by atoms with E-state index in [-0.39, 0.29) is 11.2 Å². The Morgan fingerprint density at radius 2 is 2.03 bits per heavy atom. The predicted molar refractivity (Wildman–Crippen MR) is 115 cm³/mol. The number of nitrogens with zero attached hydrogens (tertiary/aromatic N) is 3. The third-order valence-electron chi connectivity index (χ3n) is 6.49. The molecule has 0 spiro atoms. The number of aromatic amines is 1. The molecule has 30 heavy (non-hydrogen) atoms. The molecule has 0 atom stereocenters. The fraction of sp³-hybridized carbons (Fsp3) is 0.375. The zero-order chi connectivity index (χ0) is 21.0. The Bertz CT molecular complexity index is 1230. The van der Waals surface area contributed by atoms with Gasteiger partial charge in [-0.25, -0.2) is 4.98 Å². The summed E-state index contributed by atoms with van der Waals surface area (Å²) in [6, 6.07) is 9.87. The van der Waals surface area contributed by atoms with E-state index in [1.165, 1.54) is 11.3 Å². The standard InChI is InChI=1S/C24H24N4O2/c1-4-14-11-17-18(12-19(14)28-7-9-30-10-8-28)24(2,3)22-20(21(17)29)16-6-5-15(13-25)26-23(16)27-22/h5-6,11-12H,4,7-10H2,1-3H3,(H,26,27). The van der Waals surface area contributed by atoms with Gasteiger partial charge in [0.1, 0.15) is 17.4 Å². The minimum absolute atomic E-state index is 0.0281. The van der Waals surface area contributed by atoms with Crippen LogP contribution in [0.3, 0.4) is 0 Å². The Labute approximate surface area is 175 Å². The van der Waals surface area contributed by atoms with Gasteiger partial charge in [0.15, 0.2) is 5.78 Å². The quantitative estimate of drug-likeness (QED) is 0.709. The van der Waals surface area contributed by atoms with Gasteiger partial charge in [-0.1, -0.05) is 20.8 Å². The number of rotatable bonds is 2. The molecule has 0 unspecified atom stereocenters. The molecule has 1 aromatic carbocycles. The van der Waals surface area contributed by atoms with Crippen molar-refractivity contribution >= 4 is 22.5 Å². The lowest BCUT2D eigenvalue weighted by Crippen LogP contribution is -2.38. The summed E-state index contributed by atoms with van der Waals surface area (Å²) >= 11 is 0. The fourth-order valence-corrected chi connectivity index (χ4v) is 4.83. The topological polar surface area (TPSA) is 82.0 Å². The number of ketones is 1. The van der Waals surface area contributed by atoms with E-state index in [2.05, 4.69) is 53.8 Å². The highest BCUT2D eigenvalue weighted by atomic mass is 16.5. The molecule has 1 N–H and O–H groups in total. The highest BCUT2D eigenvalue weighted by molar-refractivity contribution is 6.20. The second kappa shape index (κ2) is 6.68. The molecule has 6 nitrogen and oxygen atoms in total. The van der Waals surface area contributed by atoms with E-state index in [0.717, 1.165) is 54.9 Å². The Morgan fingerprint density at radius 1 is 1.27 bits per heavy atom. The maximum absolute atomic E-state index is 13.6. The van der Waals surface area contributed by atoms with Gasteiger partial charge < -0.3 is 14.6 Å². The van der Waals surface area contributed by atoms with Crippen LogP contribution < -0.4 is 4.90 Å². The lowest BCUT2D eigenvalue weighted by atomic mass is 9.70. The first-order valence-electron chi connectivity index (χ1n) is 10.4. The molecule has 2 aliphatic rings. The number of fused-ring (bicyclic) bond motifs is 4. The number of ether oxygens (including phenoxy) is 1. The van der Waals surface area contributed by atoms with E-state index in [1.54, 1.807) is 6.07 Å². The lowest BCUT2D eigenvalue weighted by molar-refractivity contribution is 0.103. The molecule has 1 fully saturated rings. The van der Waals surface area contributed by atoms with Crippen molar-refractivity contribution in [2.75, 3.05) is 31.2 Å². The second-order valence-electron chi connectivity index (χ2n) is 8.51. The van der Waals surface area contributed by atoms with Gasteiger partial charge in [0.2, 0.25) is 0 Å². The molecule has 0 amide bonds. The van der Waals surface area contributed by atoms with Gasteiger partial charge in [-0.3, -0.25) is 4.79 Å². The number of carbonyl (C=O) groups excluding carboxylic acids is 1. The molecule has 152 valence electrons. The van der Waals surface area contributed by atoms with Gasteiger partial charge in [-0.05, 0) is 41.8 Å². The molecule has 3 aromatic rings. The maximum atomic E-state index is 13.6. The van der Waals surface area contributed by atoms with Crippen LogP contribution in [0.25, 0.3) is 11.0 Å². The average Bonchev–Trinajstić information content (AvgIpc) is 3.17. The third kappa shape index (κ3) is 2.59. The first kappa shape index (κ1) is 18.8. The van der Waals surface area contributed by atoms with Crippen molar-refractivity contribution in [2.45, 2.75) is 32.6 Å². The summed E-state index contributed by atoms with van der Waals surface area (Å²) in [5, 5.41) is 9.98. The molecule has 2 aromatic heterocycles. The minimum atomic E-state index is -0.389. The summed E-state index contributed by atoms with van der Waals surface area (Å²) in [4.78, 5) is 23.8. The molecule has 6 heteroatoms. The SMILES string of the molecule is CCc1cc2c(cc1N1CCOCC1)C(C)(C)c1[nH]c3nc(C#N)ccc3c1C2=O. The lowest BCUT2D eigenvalue weighted by Gasteiger charge is -2.36. The number of morpholine rings is 1. The number of pyridine rings is 1. The van der Waals surface area contributed by atoms with Crippen molar-refractivity contribution in [3.63, 3.8) is 0 Å². The Morgan fingerprint density at radius 3 is 2.73 bits per heavy atom. The largest absolute Gasteiger partial charge is 0.378 e. The number of aryl methyl sites for hydroxylation is 1. The third-order valence-corrected chi connectivity index (χ3v) is 6.49. The van der Waals surface area contributed by atoms with E-state index in [1.807, 2.05) is 6.07 Å². The van der Waals surface area contributed by atoms with Crippen molar-refractivity contribution in [1.29, 1.82) is 5.26 Å². The monoisotopic (exact) mass is 400 g/mol. The van der Waals surface area contributed by atoms with E-state index < -0.39 is 0 Å². The number of carbonyl (C=O) groups is 1. The molecule has 0 bridgehead atoms. The summed E-state index contributed by atoms with van der Waals surface area (Å²) in [5.74, 6) is 0.0281. The minimum Gasteiger partial charge on any atom is -0.378 e. The Balaban J connectivity index is 1.73. The van der Waals surface area contributed by atoms with Crippen LogP contribution in [-0.2, 0) is 16.6 Å². The van der Waals surface area contributed by atoms with Gasteiger partial charge in [-0.2, -0.15) is 5.26 Å². The van der Waals surface area contributed by atoms with Gasteiger partial charge in [0, 0.05) is 40.8 Å². The number of aromatic nitrogens is 2. The smallest absolute Gasteiger partial charge is 0.195 e. The molecule has 0 radical (unpaired) electrons. The van der Waals surface area contributed by atoms with Crippen LogP contribution in [0.4, 0.5) is 5.69 Å². The number of benzene rings is 1. The first-order chi connectivity index (χ1) is 14.5. The van der Waals surface area contributed by atoms with E-state index >= 15 is 0 Å². The molecular weight excluding hydrogens is 376 g/mol. The number of hydrogen-bond acceptors (Lipinski definition) is 5. The van der Waals surface area contributed by atoms with Crippen molar-refractivity contribution < 1.29 is 9.53 Å². The summed E-state index contributed by atoms with van der Waals surface area (Å²) < 4.78 is 5.53. The predicted octanol–water partition coefficient (Wildman–Crippen LogP) is 3.70. The summed E-state index contributed by atoms with van der Waals surface area (Å²) in [7, 11) is 0. The molecule has 1 aliphatic heterocycles. The number of nitrogens with one attached hydrogen (secondary N) is 1. The molecule has 3 heterocycles. The number of nitriles is 1. The average molecular weight is 400 g/mol. The van der Waals surface area contributed by atoms with E-state index in [9.17, 15) is 10.1 Å². The highest BCUT2D eigenvalue weighted by Gasteiger charge is 2.40. The van der Waals surface area contributed by atoms with Gasteiger partial charge in [-0.15, -0.1) is 0 Å². The Kier molecular flexibility index (Phi) is 4.19. The highest BCUT2D eigenvalue weighted by Crippen LogP contribution is 2.45. The number of H-pyrrole nitrogens is 1. The number of anilines is 1. The molecule has 5 rings (SSSR count). The van der Waals surface area contributed by atoms with Crippen LogP contribution in [0, 0.1) is 11.3 Å². The van der Waals surface area contributed by atoms with E-state index in [4.69, 9.17) is 4.74 Å². The second-order valence-corrected chi connectivity index (χ2v) is 8.51. The van der Waals surface area contributed by atoms with Gasteiger partial charge in [0.05, 0.1) is 18.8 Å². The maximum Gasteiger partial charge on any atom is 0.195 e. The van der Waals surface area contributed by atoms with Crippen LogP contribution in [0.2, 0.25) is 0 Å².